The van der Waals surface area contributed by atoms with E-state index in [-0.39, 0.29) is 12.4 Å². The molecule has 1 amide bonds. The van der Waals surface area contributed by atoms with Gasteiger partial charge < -0.3 is 19.6 Å². The topological polar surface area (TPSA) is 71.7 Å². The molecule has 0 saturated heterocycles. The van der Waals surface area contributed by atoms with Gasteiger partial charge in [0.1, 0.15) is 12.4 Å². The van der Waals surface area contributed by atoms with E-state index >= 15 is 0 Å². The highest BCUT2D eigenvalue weighted by Gasteiger charge is 2.17. The molecule has 21 heavy (non-hydrogen) atoms. The van der Waals surface area contributed by atoms with Crippen LogP contribution in [0, 0.1) is 0 Å². The molecule has 0 aliphatic rings. The Kier molecular flexibility index (Phi) is 5.38. The predicted molar refractivity (Wildman–Crippen MR) is 78.2 cm³/mol. The van der Waals surface area contributed by atoms with Crippen LogP contribution in [-0.4, -0.2) is 24.7 Å². The van der Waals surface area contributed by atoms with Crippen LogP contribution in [0.4, 0.5) is 0 Å². The summed E-state index contributed by atoms with van der Waals surface area (Å²) in [4.78, 5) is 12.1. The second-order valence-electron chi connectivity index (χ2n) is 4.46. The average Bonchev–Trinajstić information content (AvgIpc) is 2.95. The first-order chi connectivity index (χ1) is 10.1. The molecule has 1 aromatic carbocycles. The van der Waals surface area contributed by atoms with E-state index in [0.29, 0.717) is 17.4 Å². The number of methoxy groups -OCH3 is 1. The van der Waals surface area contributed by atoms with Gasteiger partial charge in [-0.2, -0.15) is 0 Å². The van der Waals surface area contributed by atoms with Gasteiger partial charge in [0.25, 0.3) is 5.91 Å². The number of rotatable bonds is 6. The molecule has 1 unspecified atom stereocenters. The van der Waals surface area contributed by atoms with Gasteiger partial charge in [-0.05, 0) is 29.8 Å². The first-order valence-electron chi connectivity index (χ1n) is 6.39. The minimum absolute atomic E-state index is 0.175. The maximum absolute atomic E-state index is 12.1. The Morgan fingerprint density at radius 2 is 2.05 bits per heavy atom. The van der Waals surface area contributed by atoms with Crippen LogP contribution >= 0.6 is 11.6 Å². The summed E-state index contributed by atoms with van der Waals surface area (Å²) in [5, 5.41) is 12.7. The third-order valence-corrected chi connectivity index (χ3v) is 3.18. The van der Waals surface area contributed by atoms with Crippen LogP contribution in [0.3, 0.4) is 0 Å². The van der Waals surface area contributed by atoms with Crippen molar-refractivity contribution in [3.63, 3.8) is 0 Å². The third-order valence-electron chi connectivity index (χ3n) is 2.93. The van der Waals surface area contributed by atoms with E-state index < -0.39 is 11.9 Å². The number of amides is 1. The molecule has 0 bridgehead atoms. The van der Waals surface area contributed by atoms with Gasteiger partial charge in [0, 0.05) is 12.1 Å². The van der Waals surface area contributed by atoms with E-state index in [1.54, 1.807) is 43.5 Å². The number of carbonyl (C=O) groups is 1. The number of halogens is 1. The third kappa shape index (κ3) is 4.07. The van der Waals surface area contributed by atoms with Crippen molar-refractivity contribution >= 4 is 17.5 Å². The van der Waals surface area contributed by atoms with E-state index in [1.807, 2.05) is 0 Å². The number of hydrogen-bond acceptors (Lipinski definition) is 4. The van der Waals surface area contributed by atoms with Crippen molar-refractivity contribution in [2.24, 2.45) is 0 Å². The van der Waals surface area contributed by atoms with Crippen molar-refractivity contribution in [2.45, 2.75) is 12.6 Å². The smallest absolute Gasteiger partial charge is 0.287 e. The van der Waals surface area contributed by atoms with E-state index in [4.69, 9.17) is 20.8 Å². The Morgan fingerprint density at radius 3 is 2.67 bits per heavy atom. The second kappa shape index (κ2) is 7.26. The van der Waals surface area contributed by atoms with Crippen LogP contribution in [0.5, 0.6) is 0 Å². The maximum Gasteiger partial charge on any atom is 0.287 e. The molecule has 0 spiro atoms. The molecule has 2 aromatic rings. The summed E-state index contributed by atoms with van der Waals surface area (Å²) >= 11 is 5.82. The SMILES string of the molecule is COCc1ccc(C(=O)NC(CO)c2ccc(Cl)cc2)o1. The van der Waals surface area contributed by atoms with E-state index in [0.717, 1.165) is 5.56 Å². The lowest BCUT2D eigenvalue weighted by Crippen LogP contribution is -2.30. The largest absolute Gasteiger partial charge is 0.453 e. The van der Waals surface area contributed by atoms with Crippen molar-refractivity contribution in [1.82, 2.24) is 5.32 Å². The van der Waals surface area contributed by atoms with Crippen LogP contribution in [0.15, 0.2) is 40.8 Å². The van der Waals surface area contributed by atoms with E-state index in [9.17, 15) is 9.90 Å². The fraction of sp³-hybridized carbons (Fsp3) is 0.267. The molecule has 0 aliphatic carbocycles. The first-order valence-corrected chi connectivity index (χ1v) is 6.76. The van der Waals surface area contributed by atoms with Crippen LogP contribution in [-0.2, 0) is 11.3 Å². The highest BCUT2D eigenvalue weighted by molar-refractivity contribution is 6.30. The molecular formula is C15H16ClNO4. The fourth-order valence-electron chi connectivity index (χ4n) is 1.88. The lowest BCUT2D eigenvalue weighted by atomic mass is 10.1. The maximum atomic E-state index is 12.1. The number of ether oxygens (including phenoxy) is 1. The lowest BCUT2D eigenvalue weighted by Gasteiger charge is -2.16. The number of aliphatic hydroxyl groups excluding tert-OH is 1. The van der Waals surface area contributed by atoms with Crippen molar-refractivity contribution in [2.75, 3.05) is 13.7 Å². The Labute approximate surface area is 127 Å². The monoisotopic (exact) mass is 309 g/mol. The summed E-state index contributed by atoms with van der Waals surface area (Å²) in [6.07, 6.45) is 0. The van der Waals surface area contributed by atoms with Gasteiger partial charge in [-0.25, -0.2) is 0 Å². The Bertz CT molecular complexity index is 594. The van der Waals surface area contributed by atoms with Crippen molar-refractivity contribution < 1.29 is 19.1 Å². The molecule has 0 aliphatic heterocycles. The fourth-order valence-corrected chi connectivity index (χ4v) is 2.00. The molecule has 112 valence electrons. The molecule has 6 heteroatoms. The van der Waals surface area contributed by atoms with Crippen LogP contribution in [0.1, 0.15) is 27.9 Å². The quantitative estimate of drug-likeness (QED) is 0.860. The number of aliphatic hydroxyl groups is 1. The van der Waals surface area contributed by atoms with Gasteiger partial charge in [-0.1, -0.05) is 23.7 Å². The second-order valence-corrected chi connectivity index (χ2v) is 4.90. The van der Waals surface area contributed by atoms with Gasteiger partial charge in [-0.15, -0.1) is 0 Å². The zero-order valence-electron chi connectivity index (χ0n) is 11.5. The standard InChI is InChI=1S/C15H16ClNO4/c1-20-9-12-6-7-14(21-12)15(19)17-13(8-18)10-2-4-11(16)5-3-10/h2-7,13,18H,8-9H2,1H3,(H,17,19). The summed E-state index contributed by atoms with van der Waals surface area (Å²) in [5.74, 6) is 0.343. The van der Waals surface area contributed by atoms with Gasteiger partial charge >= 0.3 is 0 Å². The minimum Gasteiger partial charge on any atom is -0.453 e. The lowest BCUT2D eigenvalue weighted by molar-refractivity contribution is 0.0879. The summed E-state index contributed by atoms with van der Waals surface area (Å²) < 4.78 is 10.3. The highest BCUT2D eigenvalue weighted by Crippen LogP contribution is 2.17. The summed E-state index contributed by atoms with van der Waals surface area (Å²) in [5.41, 5.74) is 0.763. The minimum atomic E-state index is -0.522. The number of benzene rings is 1. The van der Waals surface area contributed by atoms with Crippen molar-refractivity contribution in [3.05, 3.63) is 58.5 Å². The Hall–Kier alpha value is -1.82. The number of furan rings is 1. The normalized spacial score (nSPS) is 12.1. The molecule has 5 nitrogen and oxygen atoms in total. The summed E-state index contributed by atoms with van der Waals surface area (Å²) in [7, 11) is 1.55. The van der Waals surface area contributed by atoms with Gasteiger partial charge in [-0.3, -0.25) is 4.79 Å². The zero-order valence-corrected chi connectivity index (χ0v) is 12.3. The Balaban J connectivity index is 2.06. The van der Waals surface area contributed by atoms with E-state index in [2.05, 4.69) is 5.32 Å². The first kappa shape index (κ1) is 15.6. The molecule has 1 atom stereocenters. The molecule has 1 heterocycles. The Morgan fingerprint density at radius 1 is 1.33 bits per heavy atom. The molecular weight excluding hydrogens is 294 g/mol. The molecule has 1 aromatic heterocycles. The average molecular weight is 310 g/mol. The highest BCUT2D eigenvalue weighted by atomic mass is 35.5. The molecule has 0 radical (unpaired) electrons. The number of nitrogens with one attached hydrogen (secondary N) is 1. The van der Waals surface area contributed by atoms with Crippen molar-refractivity contribution in [1.29, 1.82) is 0 Å². The molecule has 2 N–H and O–H groups in total. The number of carbonyl (C=O) groups excluding carboxylic acids is 1. The van der Waals surface area contributed by atoms with Gasteiger partial charge in [0.05, 0.1) is 12.6 Å². The number of hydrogen-bond donors (Lipinski definition) is 2. The predicted octanol–water partition coefficient (Wildman–Crippen LogP) is 2.54. The summed E-state index contributed by atoms with van der Waals surface area (Å²) in [6.45, 7) is 0.0763. The zero-order chi connectivity index (χ0) is 15.2. The molecule has 0 saturated carbocycles. The van der Waals surface area contributed by atoms with Gasteiger partial charge in [0.15, 0.2) is 5.76 Å². The molecule has 0 fully saturated rings. The summed E-state index contributed by atoms with van der Waals surface area (Å²) in [6, 6.07) is 9.63. The van der Waals surface area contributed by atoms with Crippen molar-refractivity contribution in [3.8, 4) is 0 Å². The van der Waals surface area contributed by atoms with Crippen LogP contribution < -0.4 is 5.32 Å². The van der Waals surface area contributed by atoms with Gasteiger partial charge in [0.2, 0.25) is 0 Å². The van der Waals surface area contributed by atoms with Crippen LogP contribution in [0.2, 0.25) is 5.02 Å². The van der Waals surface area contributed by atoms with E-state index in [1.165, 1.54) is 0 Å². The molecule has 2 rings (SSSR count). The van der Waals surface area contributed by atoms with Crippen LogP contribution in [0.25, 0.3) is 0 Å².